The van der Waals surface area contributed by atoms with Crippen LogP contribution in [0.4, 0.5) is 0 Å². The minimum atomic E-state index is -0.539. The molecule has 3 nitrogen and oxygen atoms in total. The second-order valence-electron chi connectivity index (χ2n) is 5.03. The van der Waals surface area contributed by atoms with Crippen LogP contribution in [-0.4, -0.2) is 48.3 Å². The molecule has 1 heterocycles. The number of nitrogens with one attached hydrogen (secondary N) is 1. The summed E-state index contributed by atoms with van der Waals surface area (Å²) in [6.45, 7) is 11.5. The van der Waals surface area contributed by atoms with Crippen molar-refractivity contribution in [3.8, 4) is 0 Å². The van der Waals surface area contributed by atoms with Crippen LogP contribution in [0.5, 0.6) is 0 Å². The zero-order chi connectivity index (χ0) is 11.3. The highest BCUT2D eigenvalue weighted by molar-refractivity contribution is 4.79. The van der Waals surface area contributed by atoms with Crippen LogP contribution in [0, 0.1) is 5.92 Å². The molecule has 1 rings (SSSR count). The predicted octanol–water partition coefficient (Wildman–Crippen LogP) is 1.08. The molecule has 15 heavy (non-hydrogen) atoms. The van der Waals surface area contributed by atoms with Crippen molar-refractivity contribution >= 4 is 0 Å². The van der Waals surface area contributed by atoms with Crippen molar-refractivity contribution in [3.63, 3.8) is 0 Å². The number of hydrogen-bond acceptors (Lipinski definition) is 3. The van der Waals surface area contributed by atoms with Gasteiger partial charge in [0.1, 0.15) is 0 Å². The lowest BCUT2D eigenvalue weighted by Crippen LogP contribution is -2.39. The highest BCUT2D eigenvalue weighted by atomic mass is 16.3. The zero-order valence-corrected chi connectivity index (χ0v) is 10.4. The van der Waals surface area contributed by atoms with Gasteiger partial charge in [-0.3, -0.25) is 0 Å². The van der Waals surface area contributed by atoms with E-state index in [2.05, 4.69) is 17.1 Å². The Labute approximate surface area is 93.9 Å². The van der Waals surface area contributed by atoms with Crippen LogP contribution >= 0.6 is 0 Å². The first-order chi connectivity index (χ1) is 7.07. The Morgan fingerprint density at radius 2 is 2.20 bits per heavy atom. The molecule has 1 fully saturated rings. The number of nitrogens with zero attached hydrogens (tertiary/aromatic N) is 1. The first kappa shape index (κ1) is 12.9. The van der Waals surface area contributed by atoms with Gasteiger partial charge in [0.15, 0.2) is 0 Å². The van der Waals surface area contributed by atoms with Crippen LogP contribution in [-0.2, 0) is 0 Å². The summed E-state index contributed by atoms with van der Waals surface area (Å²) in [4.78, 5) is 2.49. The van der Waals surface area contributed by atoms with Gasteiger partial charge in [0, 0.05) is 13.1 Å². The molecule has 1 aliphatic heterocycles. The molecule has 90 valence electrons. The fraction of sp³-hybridized carbons (Fsp3) is 1.00. The molecule has 0 bridgehead atoms. The van der Waals surface area contributed by atoms with E-state index < -0.39 is 5.60 Å². The van der Waals surface area contributed by atoms with Crippen LogP contribution in [0.15, 0.2) is 0 Å². The van der Waals surface area contributed by atoms with Gasteiger partial charge in [0.2, 0.25) is 0 Å². The van der Waals surface area contributed by atoms with Crippen LogP contribution < -0.4 is 5.32 Å². The van der Waals surface area contributed by atoms with E-state index >= 15 is 0 Å². The monoisotopic (exact) mass is 214 g/mol. The first-order valence-corrected chi connectivity index (χ1v) is 6.23. The van der Waals surface area contributed by atoms with E-state index in [4.69, 9.17) is 0 Å². The molecule has 3 heteroatoms. The van der Waals surface area contributed by atoms with Gasteiger partial charge >= 0.3 is 0 Å². The molecular weight excluding hydrogens is 188 g/mol. The lowest BCUT2D eigenvalue weighted by atomic mass is 10.0. The lowest BCUT2D eigenvalue weighted by Gasteiger charge is -2.23. The molecular formula is C12H26N2O. The summed E-state index contributed by atoms with van der Waals surface area (Å²) in [5.41, 5.74) is -0.539. The van der Waals surface area contributed by atoms with Gasteiger partial charge in [-0.15, -0.1) is 0 Å². The molecule has 0 radical (unpaired) electrons. The van der Waals surface area contributed by atoms with Crippen molar-refractivity contribution < 1.29 is 5.11 Å². The molecule has 0 saturated carbocycles. The van der Waals surface area contributed by atoms with Crippen molar-refractivity contribution in [2.45, 2.75) is 39.2 Å². The molecule has 0 aromatic rings. The molecule has 1 aliphatic rings. The Morgan fingerprint density at radius 3 is 2.73 bits per heavy atom. The van der Waals surface area contributed by atoms with Crippen molar-refractivity contribution in [2.24, 2.45) is 5.92 Å². The molecule has 2 N–H and O–H groups in total. The first-order valence-electron chi connectivity index (χ1n) is 6.23. The van der Waals surface area contributed by atoms with Gasteiger partial charge in [-0.1, -0.05) is 13.8 Å². The van der Waals surface area contributed by atoms with Crippen LogP contribution in [0.2, 0.25) is 0 Å². The molecule has 0 aromatic carbocycles. The van der Waals surface area contributed by atoms with Gasteiger partial charge in [0.05, 0.1) is 5.60 Å². The molecule has 0 spiro atoms. The van der Waals surface area contributed by atoms with Gasteiger partial charge in [-0.2, -0.15) is 0 Å². The molecule has 2 unspecified atom stereocenters. The van der Waals surface area contributed by atoms with Crippen LogP contribution in [0.25, 0.3) is 0 Å². The van der Waals surface area contributed by atoms with E-state index in [1.807, 2.05) is 13.8 Å². The minimum absolute atomic E-state index is 0.539. The smallest absolute Gasteiger partial charge is 0.0740 e. The number of hydrogen-bond donors (Lipinski definition) is 2. The van der Waals surface area contributed by atoms with E-state index in [1.165, 1.54) is 26.1 Å². The molecule has 0 aromatic heterocycles. The van der Waals surface area contributed by atoms with Crippen LogP contribution in [0.1, 0.15) is 33.6 Å². The van der Waals surface area contributed by atoms with E-state index in [1.54, 1.807) is 0 Å². The summed E-state index contributed by atoms with van der Waals surface area (Å²) >= 11 is 0. The number of rotatable bonds is 6. The Morgan fingerprint density at radius 1 is 1.47 bits per heavy atom. The highest BCUT2D eigenvalue weighted by Crippen LogP contribution is 2.15. The van der Waals surface area contributed by atoms with E-state index in [0.717, 1.165) is 18.9 Å². The van der Waals surface area contributed by atoms with E-state index in [9.17, 15) is 5.11 Å². The molecule has 0 amide bonds. The Bertz CT molecular complexity index is 182. The zero-order valence-electron chi connectivity index (χ0n) is 10.4. The summed E-state index contributed by atoms with van der Waals surface area (Å²) in [5.74, 6) is 0.776. The third-order valence-electron chi connectivity index (χ3n) is 3.52. The highest BCUT2D eigenvalue weighted by Gasteiger charge is 2.22. The quantitative estimate of drug-likeness (QED) is 0.694. The lowest BCUT2D eigenvalue weighted by molar-refractivity contribution is 0.0550. The Balaban J connectivity index is 2.11. The van der Waals surface area contributed by atoms with E-state index in [-0.39, 0.29) is 0 Å². The molecule has 0 aliphatic carbocycles. The van der Waals surface area contributed by atoms with E-state index in [0.29, 0.717) is 6.54 Å². The number of likely N-dealkylation sites (tertiary alicyclic amines) is 1. The van der Waals surface area contributed by atoms with Crippen LogP contribution in [0.3, 0.4) is 0 Å². The summed E-state index contributed by atoms with van der Waals surface area (Å²) in [7, 11) is 0. The van der Waals surface area contributed by atoms with Crippen molar-refractivity contribution in [3.05, 3.63) is 0 Å². The van der Waals surface area contributed by atoms with Crippen molar-refractivity contribution in [2.75, 3.05) is 32.7 Å². The van der Waals surface area contributed by atoms with Crippen molar-refractivity contribution in [1.82, 2.24) is 10.2 Å². The van der Waals surface area contributed by atoms with Gasteiger partial charge in [0.25, 0.3) is 0 Å². The Kier molecular flexibility index (Phi) is 5.03. The average molecular weight is 214 g/mol. The summed E-state index contributed by atoms with van der Waals surface area (Å²) < 4.78 is 0. The second kappa shape index (κ2) is 5.83. The predicted molar refractivity (Wildman–Crippen MR) is 64.0 cm³/mol. The normalized spacial score (nSPS) is 26.8. The minimum Gasteiger partial charge on any atom is -0.389 e. The standard InChI is InChI=1S/C12H26N2O/c1-4-12(3,15)10-13-8-11-6-7-14(5-2)9-11/h11,13,15H,4-10H2,1-3H3. The van der Waals surface area contributed by atoms with Gasteiger partial charge < -0.3 is 15.3 Å². The maximum Gasteiger partial charge on any atom is 0.0740 e. The van der Waals surface area contributed by atoms with Gasteiger partial charge in [-0.25, -0.2) is 0 Å². The SMILES string of the molecule is CCN1CCC(CNCC(C)(O)CC)C1. The fourth-order valence-electron chi connectivity index (χ4n) is 2.04. The summed E-state index contributed by atoms with van der Waals surface area (Å²) in [6, 6.07) is 0. The Hall–Kier alpha value is -0.120. The fourth-order valence-corrected chi connectivity index (χ4v) is 2.04. The maximum atomic E-state index is 9.82. The third kappa shape index (κ3) is 4.49. The third-order valence-corrected chi connectivity index (χ3v) is 3.52. The maximum absolute atomic E-state index is 9.82. The largest absolute Gasteiger partial charge is 0.389 e. The summed E-state index contributed by atoms with van der Waals surface area (Å²) in [5, 5.41) is 13.2. The molecule has 2 atom stereocenters. The summed E-state index contributed by atoms with van der Waals surface area (Å²) in [6.07, 6.45) is 2.11. The average Bonchev–Trinajstić information content (AvgIpc) is 2.66. The molecule has 1 saturated heterocycles. The number of aliphatic hydroxyl groups is 1. The van der Waals surface area contributed by atoms with Crippen molar-refractivity contribution in [1.29, 1.82) is 0 Å². The van der Waals surface area contributed by atoms with Gasteiger partial charge in [-0.05, 0) is 45.3 Å². The topological polar surface area (TPSA) is 35.5 Å². The second-order valence-corrected chi connectivity index (χ2v) is 5.03.